The van der Waals surface area contributed by atoms with Crippen molar-refractivity contribution in [2.75, 3.05) is 25.1 Å². The lowest BCUT2D eigenvalue weighted by molar-refractivity contribution is -0.151. The van der Waals surface area contributed by atoms with Crippen LogP contribution in [-0.4, -0.2) is 68.6 Å². The Morgan fingerprint density at radius 2 is 1.82 bits per heavy atom. The zero-order valence-corrected chi connectivity index (χ0v) is 23.8. The summed E-state index contributed by atoms with van der Waals surface area (Å²) in [5.41, 5.74) is -1.57. The Hall–Kier alpha value is -2.38. The van der Waals surface area contributed by atoms with E-state index in [9.17, 15) is 36.1 Å². The number of ether oxygens (including phenoxy) is 1. The molecule has 0 bridgehead atoms. The van der Waals surface area contributed by atoms with Crippen molar-refractivity contribution in [3.8, 4) is 5.75 Å². The average molecular weight is 607 g/mol. The molecule has 0 aromatic heterocycles. The molecular weight excluding hydrogens is 575 g/mol. The number of halogens is 5. The van der Waals surface area contributed by atoms with Crippen LogP contribution in [0.3, 0.4) is 0 Å². The smallest absolute Gasteiger partial charge is 0.344 e. The molecule has 3 atom stereocenters. The standard InChI is InChI=1S/C27H31F5N2O4S2/c1-25(28,24(35)36)16-38-21-12-23-20(11-22(21)39-19-13-27(31,32)14-19)34(17-7-5-4-6-8-17)15-18(33(3)40(23)37)9-10-26(2,29)30/h4-8,11-12,18-19H,9-10,13-16H2,1-3H3,(H,35,36). The monoisotopic (exact) mass is 606 g/mol. The van der Waals surface area contributed by atoms with Crippen molar-refractivity contribution in [3.05, 3.63) is 42.5 Å². The molecule has 13 heteroatoms. The molecule has 1 aliphatic heterocycles. The van der Waals surface area contributed by atoms with Gasteiger partial charge in [-0.2, -0.15) is 0 Å². The second-order valence-electron chi connectivity index (χ2n) is 10.6. The summed E-state index contributed by atoms with van der Waals surface area (Å²) in [6.45, 7) is 1.02. The summed E-state index contributed by atoms with van der Waals surface area (Å²) in [4.78, 5) is 13.8. The second-order valence-corrected chi connectivity index (χ2v) is 13.4. The number of anilines is 2. The Morgan fingerprint density at radius 3 is 2.40 bits per heavy atom. The van der Waals surface area contributed by atoms with Gasteiger partial charge in [-0.05, 0) is 38.5 Å². The first-order valence-electron chi connectivity index (χ1n) is 12.7. The Kier molecular flexibility index (Phi) is 8.77. The van der Waals surface area contributed by atoms with Crippen LogP contribution in [0, 0.1) is 0 Å². The Morgan fingerprint density at radius 1 is 1.18 bits per heavy atom. The van der Waals surface area contributed by atoms with Gasteiger partial charge in [0.1, 0.15) is 23.3 Å². The first-order valence-corrected chi connectivity index (χ1v) is 14.7. The SMILES string of the molecule is CN1C(CCC(C)(F)F)CN(c2ccccc2)c2cc(SC3CC(F)(F)C3)c(OCC(C)(F)C(=O)O)cc2S1=O. The Bertz CT molecular complexity index is 1250. The van der Waals surface area contributed by atoms with Crippen LogP contribution in [0.25, 0.3) is 0 Å². The van der Waals surface area contributed by atoms with Gasteiger partial charge in [0.05, 0.1) is 15.5 Å². The van der Waals surface area contributed by atoms with Crippen LogP contribution in [0.5, 0.6) is 5.75 Å². The number of alkyl halides is 5. The third-order valence-corrected chi connectivity index (χ3v) is 9.71. The van der Waals surface area contributed by atoms with Crippen molar-refractivity contribution < 1.29 is 40.8 Å². The van der Waals surface area contributed by atoms with Gasteiger partial charge in [-0.15, -0.1) is 11.8 Å². The van der Waals surface area contributed by atoms with Gasteiger partial charge >= 0.3 is 5.97 Å². The fraction of sp³-hybridized carbons (Fsp3) is 0.519. The molecule has 2 aromatic carbocycles. The number of hydrogen-bond acceptors (Lipinski definition) is 5. The van der Waals surface area contributed by atoms with Crippen LogP contribution in [0.15, 0.2) is 52.3 Å². The lowest BCUT2D eigenvalue weighted by Crippen LogP contribution is -2.39. The van der Waals surface area contributed by atoms with E-state index in [0.717, 1.165) is 25.6 Å². The third-order valence-electron chi connectivity index (χ3n) is 6.95. The lowest BCUT2D eigenvalue weighted by atomic mass is 9.94. The van der Waals surface area contributed by atoms with Gasteiger partial charge in [-0.1, -0.05) is 18.2 Å². The molecule has 3 unspecified atom stereocenters. The average Bonchev–Trinajstić information content (AvgIpc) is 2.95. The number of fused-ring (bicyclic) bond motifs is 1. The van der Waals surface area contributed by atoms with Crippen molar-refractivity contribution >= 4 is 40.1 Å². The van der Waals surface area contributed by atoms with E-state index in [2.05, 4.69) is 0 Å². The molecule has 40 heavy (non-hydrogen) atoms. The van der Waals surface area contributed by atoms with Gasteiger partial charge in [0.2, 0.25) is 17.5 Å². The minimum absolute atomic E-state index is 0.0115. The minimum atomic E-state index is -2.92. The van der Waals surface area contributed by atoms with Gasteiger partial charge < -0.3 is 14.7 Å². The predicted octanol–water partition coefficient (Wildman–Crippen LogP) is 6.68. The molecule has 6 nitrogen and oxygen atoms in total. The summed E-state index contributed by atoms with van der Waals surface area (Å²) in [7, 11) is -0.303. The largest absolute Gasteiger partial charge is 0.488 e. The molecule has 0 saturated heterocycles. The lowest BCUT2D eigenvalue weighted by Gasteiger charge is -2.35. The molecule has 1 heterocycles. The number of carboxylic acid groups (broad SMARTS) is 1. The topological polar surface area (TPSA) is 70.1 Å². The quantitative estimate of drug-likeness (QED) is 0.305. The summed E-state index contributed by atoms with van der Waals surface area (Å²) in [5.74, 6) is -7.43. The summed E-state index contributed by atoms with van der Waals surface area (Å²) >= 11 is 1.10. The number of thioether (sulfide) groups is 1. The van der Waals surface area contributed by atoms with Gasteiger partial charge in [0, 0.05) is 55.9 Å². The van der Waals surface area contributed by atoms with E-state index in [1.54, 1.807) is 25.2 Å². The number of hydrogen-bond donors (Lipinski definition) is 1. The number of nitrogens with zero attached hydrogens (tertiary/aromatic N) is 2. The predicted molar refractivity (Wildman–Crippen MR) is 144 cm³/mol. The van der Waals surface area contributed by atoms with E-state index in [4.69, 9.17) is 4.74 Å². The zero-order chi connectivity index (χ0) is 29.5. The number of carbonyl (C=O) groups is 1. The van der Waals surface area contributed by atoms with Crippen LogP contribution in [-0.2, 0) is 15.8 Å². The van der Waals surface area contributed by atoms with Crippen LogP contribution in [0.4, 0.5) is 33.3 Å². The Balaban J connectivity index is 1.79. The molecule has 1 aliphatic carbocycles. The van der Waals surface area contributed by atoms with Crippen molar-refractivity contribution in [3.63, 3.8) is 0 Å². The molecule has 0 spiro atoms. The number of aliphatic carboxylic acids is 1. The summed E-state index contributed by atoms with van der Waals surface area (Å²) in [6.07, 6.45) is -1.11. The molecule has 4 rings (SSSR count). The van der Waals surface area contributed by atoms with Crippen molar-refractivity contribution in [2.24, 2.45) is 0 Å². The van der Waals surface area contributed by atoms with Crippen LogP contribution in [0.1, 0.15) is 39.5 Å². The van der Waals surface area contributed by atoms with Gasteiger partial charge in [0.25, 0.3) is 0 Å². The van der Waals surface area contributed by atoms with E-state index in [-0.39, 0.29) is 36.5 Å². The molecular formula is C27H31F5N2O4S2. The highest BCUT2D eigenvalue weighted by atomic mass is 32.2. The molecule has 2 aromatic rings. The fourth-order valence-electron chi connectivity index (χ4n) is 4.49. The highest BCUT2D eigenvalue weighted by Gasteiger charge is 2.46. The molecule has 1 saturated carbocycles. The Labute approximate surface area is 236 Å². The van der Waals surface area contributed by atoms with Crippen LogP contribution < -0.4 is 9.64 Å². The molecule has 1 fully saturated rings. The fourth-order valence-corrected chi connectivity index (χ4v) is 7.23. The normalized spacial score (nSPS) is 23.1. The summed E-state index contributed by atoms with van der Waals surface area (Å²) in [6, 6.07) is 11.5. The number of para-hydroxylation sites is 1. The van der Waals surface area contributed by atoms with Gasteiger partial charge in [0.15, 0.2) is 0 Å². The second kappa shape index (κ2) is 11.5. The first kappa shape index (κ1) is 30.6. The van der Waals surface area contributed by atoms with Crippen LogP contribution >= 0.6 is 11.8 Å². The van der Waals surface area contributed by atoms with Crippen LogP contribution in [0.2, 0.25) is 0 Å². The maximum Gasteiger partial charge on any atom is 0.344 e. The molecule has 0 amide bonds. The summed E-state index contributed by atoms with van der Waals surface area (Å²) < 4.78 is 90.3. The van der Waals surface area contributed by atoms with E-state index >= 15 is 0 Å². The number of likely N-dealkylation sites (N-methyl/N-ethyl adjacent to an activating group) is 1. The number of rotatable bonds is 10. The zero-order valence-electron chi connectivity index (χ0n) is 22.2. The number of benzene rings is 2. The third kappa shape index (κ3) is 7.09. The molecule has 2 aliphatic rings. The highest BCUT2D eigenvalue weighted by Crippen LogP contribution is 2.50. The summed E-state index contributed by atoms with van der Waals surface area (Å²) in [5, 5.41) is 8.72. The van der Waals surface area contributed by atoms with E-state index in [1.165, 1.54) is 10.4 Å². The number of carboxylic acids is 1. The highest BCUT2D eigenvalue weighted by molar-refractivity contribution is 8.00. The van der Waals surface area contributed by atoms with E-state index in [1.807, 2.05) is 23.1 Å². The van der Waals surface area contributed by atoms with Crippen molar-refractivity contribution in [1.82, 2.24) is 4.31 Å². The maximum absolute atomic E-state index is 14.6. The van der Waals surface area contributed by atoms with Crippen molar-refractivity contribution in [2.45, 2.75) is 78.1 Å². The van der Waals surface area contributed by atoms with Gasteiger partial charge in [-0.25, -0.2) is 35.3 Å². The molecule has 0 radical (unpaired) electrons. The molecule has 1 N–H and O–H groups in total. The van der Waals surface area contributed by atoms with E-state index < -0.39 is 58.8 Å². The molecule has 220 valence electrons. The minimum Gasteiger partial charge on any atom is -0.488 e. The van der Waals surface area contributed by atoms with Gasteiger partial charge in [-0.3, -0.25) is 0 Å². The van der Waals surface area contributed by atoms with Crippen molar-refractivity contribution in [1.29, 1.82) is 0 Å². The maximum atomic E-state index is 14.6. The first-order chi connectivity index (χ1) is 18.6. The van der Waals surface area contributed by atoms with E-state index in [0.29, 0.717) is 16.3 Å².